The van der Waals surface area contributed by atoms with E-state index in [2.05, 4.69) is 21.2 Å². The number of nitrogens with one attached hydrogen (secondary N) is 1. The van der Waals surface area contributed by atoms with Crippen LogP contribution in [0.25, 0.3) is 10.8 Å². The number of rotatable bonds is 10. The van der Waals surface area contributed by atoms with Gasteiger partial charge in [0.15, 0.2) is 6.61 Å². The molecule has 3 aromatic rings. The number of hydrogen-bond donors (Lipinski definition) is 1. The minimum atomic E-state index is -0.594. The van der Waals surface area contributed by atoms with Crippen molar-refractivity contribution in [1.29, 1.82) is 0 Å². The number of halogens is 1. The van der Waals surface area contributed by atoms with E-state index in [1.807, 2.05) is 74.5 Å². The van der Waals surface area contributed by atoms with Crippen LogP contribution >= 0.6 is 15.9 Å². The molecular weight excluding hydrogens is 484 g/mol. The topological polar surface area (TPSA) is 67.9 Å². The van der Waals surface area contributed by atoms with E-state index >= 15 is 0 Å². The Labute approximate surface area is 203 Å². The predicted molar refractivity (Wildman–Crippen MR) is 133 cm³/mol. The van der Waals surface area contributed by atoms with Gasteiger partial charge in [-0.1, -0.05) is 49.4 Å². The summed E-state index contributed by atoms with van der Waals surface area (Å²) in [6.45, 7) is 4.37. The van der Waals surface area contributed by atoms with Crippen LogP contribution in [0.15, 0.2) is 65.1 Å². The summed E-state index contributed by atoms with van der Waals surface area (Å²) in [5, 5.41) is 4.92. The fourth-order valence-electron chi connectivity index (χ4n) is 3.69. The van der Waals surface area contributed by atoms with Crippen molar-refractivity contribution >= 4 is 38.5 Å². The lowest BCUT2D eigenvalue weighted by atomic mass is 10.1. The van der Waals surface area contributed by atoms with Crippen molar-refractivity contribution in [1.82, 2.24) is 10.2 Å². The molecule has 0 radical (unpaired) electrons. The van der Waals surface area contributed by atoms with Crippen LogP contribution in [0.1, 0.15) is 25.8 Å². The van der Waals surface area contributed by atoms with Gasteiger partial charge in [0, 0.05) is 13.1 Å². The lowest BCUT2D eigenvalue weighted by molar-refractivity contribution is -0.142. The number of benzene rings is 3. The van der Waals surface area contributed by atoms with Gasteiger partial charge in [0.2, 0.25) is 5.91 Å². The average molecular weight is 513 g/mol. The summed E-state index contributed by atoms with van der Waals surface area (Å²) >= 11 is 3.60. The highest BCUT2D eigenvalue weighted by molar-refractivity contribution is 9.10. The van der Waals surface area contributed by atoms with Crippen molar-refractivity contribution < 1.29 is 19.1 Å². The van der Waals surface area contributed by atoms with Gasteiger partial charge in [-0.2, -0.15) is 0 Å². The summed E-state index contributed by atoms with van der Waals surface area (Å²) in [7, 11) is 1.61. The monoisotopic (exact) mass is 512 g/mol. The maximum atomic E-state index is 13.3. The second-order valence-corrected chi connectivity index (χ2v) is 8.37. The van der Waals surface area contributed by atoms with Crippen molar-refractivity contribution in [2.75, 3.05) is 20.3 Å². The van der Waals surface area contributed by atoms with Crippen LogP contribution in [0.4, 0.5) is 0 Å². The summed E-state index contributed by atoms with van der Waals surface area (Å²) in [5.41, 5.74) is 0.902. The van der Waals surface area contributed by atoms with Crippen molar-refractivity contribution in [3.63, 3.8) is 0 Å². The molecule has 0 aliphatic heterocycles. The Morgan fingerprint density at radius 3 is 2.42 bits per heavy atom. The van der Waals surface area contributed by atoms with Gasteiger partial charge in [-0.15, -0.1) is 0 Å². The quantitative estimate of drug-likeness (QED) is 0.418. The highest BCUT2D eigenvalue weighted by Gasteiger charge is 2.28. The number of ether oxygens (including phenoxy) is 2. The van der Waals surface area contributed by atoms with Crippen LogP contribution in [-0.4, -0.2) is 43.0 Å². The normalized spacial score (nSPS) is 11.6. The zero-order valence-corrected chi connectivity index (χ0v) is 20.7. The van der Waals surface area contributed by atoms with Gasteiger partial charge < -0.3 is 19.7 Å². The SMILES string of the molecule is CCNC(=O)[C@H](CC)N(Cc1ccc(OC)cc1)C(=O)COc1ccc2ccccc2c1Br. The summed E-state index contributed by atoms with van der Waals surface area (Å²) in [4.78, 5) is 27.6. The summed E-state index contributed by atoms with van der Waals surface area (Å²) < 4.78 is 11.9. The van der Waals surface area contributed by atoms with E-state index in [1.54, 1.807) is 12.0 Å². The Balaban J connectivity index is 1.81. The molecule has 0 aliphatic rings. The number of nitrogens with zero attached hydrogens (tertiary/aromatic N) is 1. The number of methoxy groups -OCH3 is 1. The average Bonchev–Trinajstić information content (AvgIpc) is 2.84. The minimum absolute atomic E-state index is 0.172. The van der Waals surface area contributed by atoms with E-state index in [0.717, 1.165) is 26.6 Å². The molecule has 33 heavy (non-hydrogen) atoms. The van der Waals surface area contributed by atoms with Gasteiger partial charge in [0.25, 0.3) is 5.91 Å². The number of carbonyl (C=O) groups excluding carboxylic acids is 2. The standard InChI is InChI=1S/C26H29BrN2O4/c1-4-22(26(31)28-5-2)29(16-18-10-13-20(32-3)14-11-18)24(30)17-33-23-15-12-19-8-6-7-9-21(19)25(23)27/h6-15,22H,4-5,16-17H2,1-3H3,(H,28,31)/t22-/m0/s1. The molecule has 0 heterocycles. The second kappa shape index (κ2) is 11.7. The first-order valence-electron chi connectivity index (χ1n) is 11.0. The molecular formula is C26H29BrN2O4. The molecule has 0 aliphatic carbocycles. The van der Waals surface area contributed by atoms with Gasteiger partial charge >= 0.3 is 0 Å². The first-order chi connectivity index (χ1) is 16.0. The van der Waals surface area contributed by atoms with Crippen molar-refractivity contribution in [2.24, 2.45) is 0 Å². The van der Waals surface area contributed by atoms with Gasteiger partial charge in [-0.3, -0.25) is 9.59 Å². The summed E-state index contributed by atoms with van der Waals surface area (Å²) in [6.07, 6.45) is 0.493. The number of amides is 2. The summed E-state index contributed by atoms with van der Waals surface area (Å²) in [6, 6.07) is 18.6. The Hall–Kier alpha value is -3.06. The van der Waals surface area contributed by atoms with Crippen molar-refractivity contribution in [3.8, 4) is 11.5 Å². The second-order valence-electron chi connectivity index (χ2n) is 7.58. The summed E-state index contributed by atoms with van der Waals surface area (Å²) in [5.74, 6) is 0.882. The van der Waals surface area contributed by atoms with E-state index in [9.17, 15) is 9.59 Å². The van der Waals surface area contributed by atoms with Crippen LogP contribution in [0.3, 0.4) is 0 Å². The maximum Gasteiger partial charge on any atom is 0.261 e. The first kappa shape index (κ1) is 24.6. The van der Waals surface area contributed by atoms with Crippen LogP contribution < -0.4 is 14.8 Å². The molecule has 0 fully saturated rings. The van der Waals surface area contributed by atoms with Gasteiger partial charge in [-0.25, -0.2) is 0 Å². The molecule has 0 saturated heterocycles. The molecule has 3 aromatic carbocycles. The highest BCUT2D eigenvalue weighted by atomic mass is 79.9. The third-order valence-corrected chi connectivity index (χ3v) is 6.25. The lowest BCUT2D eigenvalue weighted by Gasteiger charge is -2.30. The fourth-order valence-corrected chi connectivity index (χ4v) is 4.29. The van der Waals surface area contributed by atoms with Crippen LogP contribution in [-0.2, 0) is 16.1 Å². The van der Waals surface area contributed by atoms with Gasteiger partial charge in [0.05, 0.1) is 11.6 Å². The molecule has 6 nitrogen and oxygen atoms in total. The van der Waals surface area contributed by atoms with E-state index in [1.165, 1.54) is 0 Å². The van der Waals surface area contributed by atoms with E-state index in [0.29, 0.717) is 25.3 Å². The largest absolute Gasteiger partial charge is 0.497 e. The Morgan fingerprint density at radius 2 is 1.76 bits per heavy atom. The van der Waals surface area contributed by atoms with E-state index in [4.69, 9.17) is 9.47 Å². The number of fused-ring (bicyclic) bond motifs is 1. The fraction of sp³-hybridized carbons (Fsp3) is 0.308. The molecule has 1 N–H and O–H groups in total. The van der Waals surface area contributed by atoms with Crippen LogP contribution in [0.5, 0.6) is 11.5 Å². The van der Waals surface area contributed by atoms with E-state index < -0.39 is 6.04 Å². The minimum Gasteiger partial charge on any atom is -0.497 e. The van der Waals surface area contributed by atoms with Gasteiger partial charge in [-0.05, 0) is 63.8 Å². The lowest BCUT2D eigenvalue weighted by Crippen LogP contribution is -2.50. The van der Waals surface area contributed by atoms with Crippen molar-refractivity contribution in [3.05, 3.63) is 70.7 Å². The van der Waals surface area contributed by atoms with Crippen LogP contribution in [0, 0.1) is 0 Å². The number of hydrogen-bond acceptors (Lipinski definition) is 4. The Morgan fingerprint density at radius 1 is 1.03 bits per heavy atom. The number of carbonyl (C=O) groups is 2. The molecule has 7 heteroatoms. The maximum absolute atomic E-state index is 13.3. The molecule has 0 saturated carbocycles. The molecule has 2 amide bonds. The Bertz CT molecular complexity index is 1100. The smallest absolute Gasteiger partial charge is 0.261 e. The highest BCUT2D eigenvalue weighted by Crippen LogP contribution is 2.33. The zero-order valence-electron chi connectivity index (χ0n) is 19.1. The molecule has 1 atom stereocenters. The third kappa shape index (κ3) is 6.05. The predicted octanol–water partition coefficient (Wildman–Crippen LogP) is 4.93. The molecule has 174 valence electrons. The first-order valence-corrected chi connectivity index (χ1v) is 11.8. The molecule has 0 unspecified atom stereocenters. The van der Waals surface area contributed by atoms with E-state index in [-0.39, 0.29) is 18.4 Å². The molecule has 0 spiro atoms. The van der Waals surface area contributed by atoms with Gasteiger partial charge in [0.1, 0.15) is 17.5 Å². The van der Waals surface area contributed by atoms with Crippen LogP contribution in [0.2, 0.25) is 0 Å². The third-order valence-electron chi connectivity index (χ3n) is 5.43. The van der Waals surface area contributed by atoms with Crippen molar-refractivity contribution in [2.45, 2.75) is 32.9 Å². The molecule has 3 rings (SSSR count). The number of likely N-dealkylation sites (N-methyl/N-ethyl adjacent to an activating group) is 1. The Kier molecular flexibility index (Phi) is 8.72. The zero-order chi connectivity index (χ0) is 23.8. The molecule has 0 aromatic heterocycles. The molecule has 0 bridgehead atoms.